The molecule has 1 aliphatic rings. The molecule has 2 heterocycles. The van der Waals surface area contributed by atoms with Gasteiger partial charge in [0, 0.05) is 44.9 Å². The lowest BCUT2D eigenvalue weighted by Gasteiger charge is -2.13. The van der Waals surface area contributed by atoms with E-state index in [0.717, 1.165) is 29.9 Å². The number of aromatic nitrogens is 2. The Balaban J connectivity index is 1.63. The standard InChI is InChI=1S/C17H19N3O2/c1-19(11-14-10-18-20(2)12-14)17(21)6-4-13-3-5-16-15(9-13)7-8-22-16/h3-6,9-10,12H,7-8,11H2,1-2H3/b6-4+. The van der Waals surface area contributed by atoms with E-state index >= 15 is 0 Å². The number of likely N-dealkylation sites (N-methyl/N-ethyl adjacent to an activating group) is 1. The van der Waals surface area contributed by atoms with E-state index in [9.17, 15) is 4.79 Å². The minimum atomic E-state index is -0.0272. The third kappa shape index (κ3) is 3.19. The summed E-state index contributed by atoms with van der Waals surface area (Å²) >= 11 is 0. The van der Waals surface area contributed by atoms with Crippen LogP contribution in [0.15, 0.2) is 36.7 Å². The zero-order valence-electron chi connectivity index (χ0n) is 12.8. The molecule has 5 nitrogen and oxygen atoms in total. The highest BCUT2D eigenvalue weighted by atomic mass is 16.5. The highest BCUT2D eigenvalue weighted by molar-refractivity contribution is 5.91. The van der Waals surface area contributed by atoms with Crippen molar-refractivity contribution in [2.45, 2.75) is 13.0 Å². The lowest BCUT2D eigenvalue weighted by atomic mass is 10.1. The van der Waals surface area contributed by atoms with Crippen LogP contribution in [0.2, 0.25) is 0 Å². The average molecular weight is 297 g/mol. The van der Waals surface area contributed by atoms with Gasteiger partial charge in [0.15, 0.2) is 0 Å². The van der Waals surface area contributed by atoms with E-state index < -0.39 is 0 Å². The fourth-order valence-electron chi connectivity index (χ4n) is 2.51. The van der Waals surface area contributed by atoms with Gasteiger partial charge in [-0.1, -0.05) is 6.07 Å². The van der Waals surface area contributed by atoms with Crippen LogP contribution in [-0.4, -0.2) is 34.2 Å². The van der Waals surface area contributed by atoms with E-state index in [1.807, 2.05) is 31.5 Å². The normalized spacial score (nSPS) is 13.2. The summed E-state index contributed by atoms with van der Waals surface area (Å²) in [7, 11) is 3.65. The number of fused-ring (bicyclic) bond motifs is 1. The fraction of sp³-hybridized carbons (Fsp3) is 0.294. The second-order valence-electron chi connectivity index (χ2n) is 5.52. The van der Waals surface area contributed by atoms with Gasteiger partial charge in [0.05, 0.1) is 12.8 Å². The topological polar surface area (TPSA) is 47.4 Å². The number of benzene rings is 1. The maximum atomic E-state index is 12.1. The molecule has 0 radical (unpaired) electrons. The van der Waals surface area contributed by atoms with Gasteiger partial charge in [-0.25, -0.2) is 0 Å². The van der Waals surface area contributed by atoms with Crippen molar-refractivity contribution in [1.82, 2.24) is 14.7 Å². The van der Waals surface area contributed by atoms with Gasteiger partial charge in [-0.05, 0) is 29.3 Å². The Kier molecular flexibility index (Phi) is 3.96. The van der Waals surface area contributed by atoms with E-state index in [0.29, 0.717) is 6.54 Å². The van der Waals surface area contributed by atoms with Crippen molar-refractivity contribution in [2.75, 3.05) is 13.7 Å². The Morgan fingerprint density at radius 1 is 1.50 bits per heavy atom. The van der Waals surface area contributed by atoms with Crippen molar-refractivity contribution >= 4 is 12.0 Å². The predicted octanol–water partition coefficient (Wildman–Crippen LogP) is 2.03. The van der Waals surface area contributed by atoms with Crippen molar-refractivity contribution < 1.29 is 9.53 Å². The van der Waals surface area contributed by atoms with E-state index in [2.05, 4.69) is 11.2 Å². The third-order valence-electron chi connectivity index (χ3n) is 3.69. The molecule has 3 rings (SSSR count). The first-order valence-corrected chi connectivity index (χ1v) is 7.28. The first kappa shape index (κ1) is 14.4. The van der Waals surface area contributed by atoms with Crippen LogP contribution in [0.4, 0.5) is 0 Å². The molecule has 0 atom stereocenters. The Labute approximate surface area is 129 Å². The lowest BCUT2D eigenvalue weighted by molar-refractivity contribution is -0.125. The molecule has 0 unspecified atom stereocenters. The highest BCUT2D eigenvalue weighted by Gasteiger charge is 2.11. The number of hydrogen-bond donors (Lipinski definition) is 0. The molecule has 0 fully saturated rings. The van der Waals surface area contributed by atoms with E-state index in [1.54, 1.807) is 28.9 Å². The Hall–Kier alpha value is -2.56. The van der Waals surface area contributed by atoms with Crippen LogP contribution in [0.5, 0.6) is 5.75 Å². The molecular weight excluding hydrogens is 278 g/mol. The van der Waals surface area contributed by atoms with Gasteiger partial charge in [0.2, 0.25) is 5.91 Å². The summed E-state index contributed by atoms with van der Waals surface area (Å²) in [6.45, 7) is 1.30. The molecule has 0 N–H and O–H groups in total. The highest BCUT2D eigenvalue weighted by Crippen LogP contribution is 2.26. The molecule has 0 bridgehead atoms. The van der Waals surface area contributed by atoms with Crippen LogP contribution >= 0.6 is 0 Å². The summed E-state index contributed by atoms with van der Waals surface area (Å²) in [6, 6.07) is 6.01. The van der Waals surface area contributed by atoms with Gasteiger partial charge in [0.1, 0.15) is 5.75 Å². The quantitative estimate of drug-likeness (QED) is 0.811. The monoisotopic (exact) mass is 297 g/mol. The molecule has 2 aromatic rings. The van der Waals surface area contributed by atoms with E-state index in [-0.39, 0.29) is 5.91 Å². The van der Waals surface area contributed by atoms with Crippen molar-refractivity contribution in [1.29, 1.82) is 0 Å². The molecule has 0 aliphatic carbocycles. The zero-order valence-corrected chi connectivity index (χ0v) is 12.8. The number of rotatable bonds is 4. The molecule has 5 heteroatoms. The molecular formula is C17H19N3O2. The number of carbonyl (C=O) groups is 1. The molecule has 22 heavy (non-hydrogen) atoms. The minimum Gasteiger partial charge on any atom is -0.493 e. The lowest BCUT2D eigenvalue weighted by Crippen LogP contribution is -2.23. The zero-order chi connectivity index (χ0) is 15.5. The van der Waals surface area contributed by atoms with Gasteiger partial charge in [-0.15, -0.1) is 0 Å². The summed E-state index contributed by atoms with van der Waals surface area (Å²) in [5.41, 5.74) is 3.24. The van der Waals surface area contributed by atoms with Crippen molar-refractivity contribution in [3.63, 3.8) is 0 Å². The summed E-state index contributed by atoms with van der Waals surface area (Å²) in [5.74, 6) is 0.928. The predicted molar refractivity (Wildman–Crippen MR) is 84.4 cm³/mol. The van der Waals surface area contributed by atoms with Crippen LogP contribution in [-0.2, 0) is 24.8 Å². The number of ether oxygens (including phenoxy) is 1. The number of hydrogen-bond acceptors (Lipinski definition) is 3. The minimum absolute atomic E-state index is 0.0272. The first-order valence-electron chi connectivity index (χ1n) is 7.28. The average Bonchev–Trinajstić information content (AvgIpc) is 3.12. The van der Waals surface area contributed by atoms with Crippen LogP contribution in [0.1, 0.15) is 16.7 Å². The summed E-state index contributed by atoms with van der Waals surface area (Å²) < 4.78 is 7.21. The second-order valence-corrected chi connectivity index (χ2v) is 5.52. The maximum absolute atomic E-state index is 12.1. The summed E-state index contributed by atoms with van der Waals surface area (Å²) in [4.78, 5) is 13.8. The molecule has 1 aromatic carbocycles. The number of carbonyl (C=O) groups excluding carboxylic acids is 1. The number of nitrogens with zero attached hydrogens (tertiary/aromatic N) is 3. The molecule has 0 saturated heterocycles. The molecule has 114 valence electrons. The van der Waals surface area contributed by atoms with E-state index in [1.165, 1.54) is 5.56 Å². The molecule has 1 aliphatic heterocycles. The molecule has 1 aromatic heterocycles. The van der Waals surface area contributed by atoms with Crippen molar-refractivity contribution in [2.24, 2.45) is 7.05 Å². The van der Waals surface area contributed by atoms with Gasteiger partial charge in [0.25, 0.3) is 0 Å². The third-order valence-corrected chi connectivity index (χ3v) is 3.69. The van der Waals surface area contributed by atoms with E-state index in [4.69, 9.17) is 4.74 Å². The Morgan fingerprint density at radius 2 is 2.36 bits per heavy atom. The van der Waals surface area contributed by atoms with Crippen LogP contribution in [0.3, 0.4) is 0 Å². The summed E-state index contributed by atoms with van der Waals surface area (Å²) in [5, 5.41) is 4.10. The van der Waals surface area contributed by atoms with Crippen molar-refractivity contribution in [3.8, 4) is 5.75 Å². The smallest absolute Gasteiger partial charge is 0.246 e. The first-order chi connectivity index (χ1) is 10.6. The number of amides is 1. The van der Waals surface area contributed by atoms with Crippen LogP contribution in [0.25, 0.3) is 6.08 Å². The SMILES string of the molecule is CN(Cc1cnn(C)c1)C(=O)/C=C/c1ccc2c(c1)CCO2. The van der Waals surface area contributed by atoms with Gasteiger partial charge < -0.3 is 9.64 Å². The molecule has 0 saturated carbocycles. The molecule has 1 amide bonds. The van der Waals surface area contributed by atoms with Gasteiger partial charge >= 0.3 is 0 Å². The van der Waals surface area contributed by atoms with Gasteiger partial charge in [-0.3, -0.25) is 9.48 Å². The second kappa shape index (κ2) is 6.05. The largest absolute Gasteiger partial charge is 0.493 e. The Morgan fingerprint density at radius 3 is 3.14 bits per heavy atom. The molecule has 0 spiro atoms. The Bertz CT molecular complexity index is 718. The van der Waals surface area contributed by atoms with Crippen molar-refractivity contribution in [3.05, 3.63) is 53.4 Å². The van der Waals surface area contributed by atoms with Gasteiger partial charge in [-0.2, -0.15) is 5.10 Å². The fourth-order valence-corrected chi connectivity index (χ4v) is 2.51. The number of aryl methyl sites for hydroxylation is 1. The maximum Gasteiger partial charge on any atom is 0.246 e. The van der Waals surface area contributed by atoms with Crippen LogP contribution < -0.4 is 4.74 Å². The van der Waals surface area contributed by atoms with Crippen LogP contribution in [0, 0.1) is 0 Å². The summed E-state index contributed by atoms with van der Waals surface area (Å²) in [6.07, 6.45) is 8.07.